The molecule has 8 heteroatoms. The Bertz CT molecular complexity index is 837. The van der Waals surface area contributed by atoms with Crippen LogP contribution in [0, 0.1) is 0 Å². The molecule has 0 heterocycles. The first-order valence-corrected chi connectivity index (χ1v) is 7.92. The molecule has 0 unspecified atom stereocenters. The molecule has 2 rings (SSSR count). The van der Waals surface area contributed by atoms with Gasteiger partial charge in [-0.05, 0) is 11.5 Å². The summed E-state index contributed by atoms with van der Waals surface area (Å²) in [7, 11) is -8.03. The highest BCUT2D eigenvalue weighted by atomic mass is 32.2. The molecule has 0 atom stereocenters. The lowest BCUT2D eigenvalue weighted by atomic mass is 10.1. The fourth-order valence-corrected chi connectivity index (χ4v) is 3.91. The zero-order valence-electron chi connectivity index (χ0n) is 9.77. The predicted octanol–water partition coefficient (Wildman–Crippen LogP) is 1.42. The van der Waals surface area contributed by atoms with Crippen molar-refractivity contribution in [1.29, 1.82) is 0 Å². The molecule has 0 radical (unpaired) electrons. The second-order valence-corrected chi connectivity index (χ2v) is 6.75. The van der Waals surface area contributed by atoms with E-state index in [1.807, 2.05) is 0 Å². The second kappa shape index (κ2) is 4.57. The van der Waals surface area contributed by atoms with Crippen LogP contribution >= 0.6 is 0 Å². The van der Waals surface area contributed by atoms with Gasteiger partial charge in [-0.3, -0.25) is 8.74 Å². The maximum atomic E-state index is 11.9. The van der Waals surface area contributed by atoms with E-state index >= 15 is 0 Å². The monoisotopic (exact) mass is 302 g/mol. The van der Waals surface area contributed by atoms with Gasteiger partial charge in [0.1, 0.15) is 9.79 Å². The van der Waals surface area contributed by atoms with Crippen molar-refractivity contribution in [1.82, 2.24) is 0 Å². The molecule has 2 aromatic rings. The average molecular weight is 302 g/mol. The van der Waals surface area contributed by atoms with Crippen molar-refractivity contribution in [3.8, 4) is 0 Å². The fourth-order valence-electron chi connectivity index (χ4n) is 1.77. The molecule has 1 N–H and O–H groups in total. The highest BCUT2D eigenvalue weighted by molar-refractivity contribution is 7.89. The van der Waals surface area contributed by atoms with E-state index in [-0.39, 0.29) is 5.39 Å². The Morgan fingerprint density at radius 2 is 1.63 bits per heavy atom. The van der Waals surface area contributed by atoms with E-state index < -0.39 is 30.0 Å². The zero-order valence-corrected chi connectivity index (χ0v) is 11.4. The summed E-state index contributed by atoms with van der Waals surface area (Å²) >= 11 is 0. The largest absolute Gasteiger partial charge is 0.298 e. The molecule has 0 spiro atoms. The highest BCUT2D eigenvalue weighted by Gasteiger charge is 2.27. The third kappa shape index (κ3) is 2.47. The molecule has 0 fully saturated rings. The van der Waals surface area contributed by atoms with Crippen molar-refractivity contribution >= 4 is 31.0 Å². The SMILES string of the molecule is COS(=O)(=O)c1c(S(=O)(=O)O)ccc2ccccc12. The van der Waals surface area contributed by atoms with Gasteiger partial charge in [0.2, 0.25) is 0 Å². The summed E-state index contributed by atoms with van der Waals surface area (Å²) in [6, 6.07) is 8.74. The first-order valence-electron chi connectivity index (χ1n) is 5.07. The van der Waals surface area contributed by atoms with Crippen LogP contribution in [0.1, 0.15) is 0 Å². The number of fused-ring (bicyclic) bond motifs is 1. The van der Waals surface area contributed by atoms with Crippen LogP contribution < -0.4 is 0 Å². The van der Waals surface area contributed by atoms with Gasteiger partial charge in [-0.15, -0.1) is 0 Å². The smallest absolute Gasteiger partial charge is 0.282 e. The van der Waals surface area contributed by atoms with Crippen molar-refractivity contribution in [2.24, 2.45) is 0 Å². The molecule has 102 valence electrons. The topological polar surface area (TPSA) is 97.7 Å². The van der Waals surface area contributed by atoms with Gasteiger partial charge >= 0.3 is 0 Å². The Kier molecular flexibility index (Phi) is 3.35. The van der Waals surface area contributed by atoms with Crippen LogP contribution in [0.25, 0.3) is 10.8 Å². The van der Waals surface area contributed by atoms with E-state index in [0.717, 1.165) is 13.2 Å². The Labute approximate surface area is 110 Å². The number of hydrogen-bond donors (Lipinski definition) is 1. The minimum absolute atomic E-state index is 0.166. The quantitative estimate of drug-likeness (QED) is 0.680. The summed E-state index contributed by atoms with van der Waals surface area (Å²) in [5, 5.41) is 0.685. The number of benzene rings is 2. The molecule has 0 aromatic heterocycles. The van der Waals surface area contributed by atoms with Crippen LogP contribution in [-0.4, -0.2) is 28.5 Å². The van der Waals surface area contributed by atoms with E-state index in [4.69, 9.17) is 4.55 Å². The molecular formula is C11H10O6S2. The summed E-state index contributed by atoms with van der Waals surface area (Å²) < 4.78 is 59.9. The summed E-state index contributed by atoms with van der Waals surface area (Å²) in [5.74, 6) is 0. The second-order valence-electron chi connectivity index (χ2n) is 3.71. The summed E-state index contributed by atoms with van der Waals surface area (Å²) in [4.78, 5) is -1.26. The van der Waals surface area contributed by atoms with Crippen LogP contribution in [0.5, 0.6) is 0 Å². The lowest BCUT2D eigenvalue weighted by Crippen LogP contribution is -2.11. The fraction of sp³-hybridized carbons (Fsp3) is 0.0909. The average Bonchev–Trinajstić information content (AvgIpc) is 2.36. The van der Waals surface area contributed by atoms with Gasteiger partial charge in [0.15, 0.2) is 0 Å². The van der Waals surface area contributed by atoms with Crippen molar-refractivity contribution < 1.29 is 25.6 Å². The minimum Gasteiger partial charge on any atom is -0.282 e. The third-order valence-electron chi connectivity index (χ3n) is 2.59. The van der Waals surface area contributed by atoms with Gasteiger partial charge < -0.3 is 0 Å². The van der Waals surface area contributed by atoms with Crippen molar-refractivity contribution in [2.45, 2.75) is 9.79 Å². The van der Waals surface area contributed by atoms with Crippen LogP contribution in [0.4, 0.5) is 0 Å². The summed E-state index contributed by atoms with van der Waals surface area (Å²) in [5.41, 5.74) is 0. The van der Waals surface area contributed by atoms with Crippen molar-refractivity contribution in [2.75, 3.05) is 7.11 Å². The molecule has 0 aliphatic carbocycles. The van der Waals surface area contributed by atoms with Gasteiger partial charge in [0, 0.05) is 5.39 Å². The van der Waals surface area contributed by atoms with E-state index in [1.165, 1.54) is 12.1 Å². The molecule has 0 aliphatic rings. The van der Waals surface area contributed by atoms with E-state index in [0.29, 0.717) is 5.39 Å². The minimum atomic E-state index is -4.68. The van der Waals surface area contributed by atoms with Gasteiger partial charge in [0.05, 0.1) is 7.11 Å². The Balaban J connectivity index is 3.05. The zero-order chi connectivity index (χ0) is 14.3. The molecule has 0 amide bonds. The van der Waals surface area contributed by atoms with Gasteiger partial charge in [-0.1, -0.05) is 30.3 Å². The highest BCUT2D eigenvalue weighted by Crippen LogP contribution is 2.30. The standard InChI is InChI=1S/C11H10O6S2/c1-17-19(15,16)11-9-5-3-2-4-8(9)6-7-10(11)18(12,13)14/h2-7H,1H3,(H,12,13,14). The molecular weight excluding hydrogens is 292 g/mol. The Morgan fingerprint density at radius 3 is 2.21 bits per heavy atom. The first kappa shape index (κ1) is 13.9. The van der Waals surface area contributed by atoms with Gasteiger partial charge in [-0.25, -0.2) is 0 Å². The van der Waals surface area contributed by atoms with E-state index in [1.54, 1.807) is 18.2 Å². The summed E-state index contributed by atoms with van der Waals surface area (Å²) in [6.45, 7) is 0. The molecule has 6 nitrogen and oxygen atoms in total. The Morgan fingerprint density at radius 1 is 1.00 bits per heavy atom. The predicted molar refractivity (Wildman–Crippen MR) is 68.0 cm³/mol. The third-order valence-corrected chi connectivity index (χ3v) is 4.99. The lowest BCUT2D eigenvalue weighted by Gasteiger charge is -2.10. The van der Waals surface area contributed by atoms with Gasteiger partial charge in [0.25, 0.3) is 20.2 Å². The molecule has 0 aliphatic heterocycles. The maximum absolute atomic E-state index is 11.9. The van der Waals surface area contributed by atoms with Crippen molar-refractivity contribution in [3.05, 3.63) is 36.4 Å². The molecule has 0 saturated heterocycles. The lowest BCUT2D eigenvalue weighted by molar-refractivity contribution is 0.395. The van der Waals surface area contributed by atoms with Gasteiger partial charge in [-0.2, -0.15) is 16.8 Å². The molecule has 2 aromatic carbocycles. The maximum Gasteiger partial charge on any atom is 0.298 e. The van der Waals surface area contributed by atoms with E-state index in [9.17, 15) is 16.8 Å². The normalized spacial score (nSPS) is 12.7. The van der Waals surface area contributed by atoms with Crippen LogP contribution in [0.2, 0.25) is 0 Å². The first-order chi connectivity index (χ1) is 8.77. The summed E-state index contributed by atoms with van der Waals surface area (Å²) in [6.07, 6.45) is 0. The van der Waals surface area contributed by atoms with E-state index in [2.05, 4.69) is 4.18 Å². The van der Waals surface area contributed by atoms with Crippen LogP contribution in [-0.2, 0) is 24.4 Å². The van der Waals surface area contributed by atoms with Crippen molar-refractivity contribution in [3.63, 3.8) is 0 Å². The molecule has 19 heavy (non-hydrogen) atoms. The molecule has 0 bridgehead atoms. The number of hydrogen-bond acceptors (Lipinski definition) is 5. The number of rotatable bonds is 3. The molecule has 0 saturated carbocycles. The Hall–Kier alpha value is -1.48. The van der Waals surface area contributed by atoms with Crippen LogP contribution in [0.15, 0.2) is 46.2 Å². The van der Waals surface area contributed by atoms with Crippen LogP contribution in [0.3, 0.4) is 0 Å².